The van der Waals surface area contributed by atoms with Gasteiger partial charge in [-0.2, -0.15) is 0 Å². The second-order valence-electron chi connectivity index (χ2n) is 2.39. The van der Waals surface area contributed by atoms with Crippen LogP contribution in [0.3, 0.4) is 0 Å². The molecule has 0 amide bonds. The fourth-order valence-electron chi connectivity index (χ4n) is 0.746. The number of unbranched alkanes of at least 4 members (excludes halogenated alkanes) is 1. The number of hydrogen-bond acceptors (Lipinski definition) is 3. The largest absolute Gasteiger partial charge is 0.330 e. The molecule has 6 heteroatoms. The quantitative estimate of drug-likeness (QED) is 0.470. The molecule has 0 aromatic rings. The molecule has 0 fully saturated rings. The van der Waals surface area contributed by atoms with Crippen LogP contribution >= 0.6 is 37.2 Å². The summed E-state index contributed by atoms with van der Waals surface area (Å²) >= 11 is 0. The molecule has 5 N–H and O–H groups in total. The van der Waals surface area contributed by atoms with Crippen LogP contribution in [0.4, 0.5) is 0 Å². The van der Waals surface area contributed by atoms with Gasteiger partial charge in [-0.1, -0.05) is 0 Å². The summed E-state index contributed by atoms with van der Waals surface area (Å²) in [7, 11) is 0. The van der Waals surface area contributed by atoms with Gasteiger partial charge in [-0.15, -0.1) is 37.2 Å². The standard InChI is InChI=1S/C7H19N3.3ClH/c8-4-1-2-6-10-7-3-5-9;;;/h10H,1-9H2;3*1H/i1+1,2+1,4+1,6+1;;;. The Labute approximate surface area is 99.6 Å². The van der Waals surface area contributed by atoms with Crippen LogP contribution in [0.2, 0.25) is 0 Å². The van der Waals surface area contributed by atoms with Gasteiger partial charge in [0.25, 0.3) is 0 Å². The first-order chi connectivity index (χ1) is 4.91. The summed E-state index contributed by atoms with van der Waals surface area (Å²) in [4.78, 5) is 0. The number of hydrogen-bond donors (Lipinski definition) is 3. The van der Waals surface area contributed by atoms with Gasteiger partial charge in [-0.3, -0.25) is 0 Å². The maximum atomic E-state index is 5.32. The first kappa shape index (κ1) is 23.5. The van der Waals surface area contributed by atoms with Gasteiger partial charge in [0.05, 0.1) is 0 Å². The zero-order valence-electron chi connectivity index (χ0n) is 7.83. The van der Waals surface area contributed by atoms with Gasteiger partial charge in [0.1, 0.15) is 0 Å². The highest BCUT2D eigenvalue weighted by atomic mass is 35.5. The molecule has 0 aromatic heterocycles. The molecule has 0 atom stereocenters. The molecule has 13 heavy (non-hydrogen) atoms. The lowest BCUT2D eigenvalue weighted by Gasteiger charge is -2.01. The summed E-state index contributed by atoms with van der Waals surface area (Å²) in [6.45, 7) is 3.71. The molecule has 0 heterocycles. The van der Waals surface area contributed by atoms with Gasteiger partial charge in [-0.25, -0.2) is 0 Å². The summed E-state index contributed by atoms with van der Waals surface area (Å²) < 4.78 is 0. The Hall–Kier alpha value is 0.750. The maximum Gasteiger partial charge on any atom is -0.00369 e. The molecule has 0 aliphatic rings. The van der Waals surface area contributed by atoms with E-state index in [2.05, 4.69) is 5.32 Å². The third kappa shape index (κ3) is 24.5. The van der Waals surface area contributed by atoms with E-state index in [-0.39, 0.29) is 37.2 Å². The molecule has 0 saturated carbocycles. The van der Waals surface area contributed by atoms with Crippen LogP contribution in [0, 0.1) is 0 Å². The fourth-order valence-corrected chi connectivity index (χ4v) is 0.746. The fraction of sp³-hybridized carbons (Fsp3) is 1.00. The molecular weight excluding hydrogens is 236 g/mol. The van der Waals surface area contributed by atoms with E-state index in [4.69, 9.17) is 11.5 Å². The number of halogens is 3. The molecule has 0 aliphatic heterocycles. The van der Waals surface area contributed by atoms with Gasteiger partial charge in [0, 0.05) is 0 Å². The van der Waals surface area contributed by atoms with Gasteiger partial charge < -0.3 is 16.8 Å². The summed E-state index contributed by atoms with van der Waals surface area (Å²) in [5.41, 5.74) is 10.6. The predicted octanol–water partition coefficient (Wildman–Crippen LogP) is 0.929. The van der Waals surface area contributed by atoms with Crippen molar-refractivity contribution in [2.75, 3.05) is 26.2 Å². The average Bonchev–Trinajstić information content (AvgIpc) is 1.97. The second-order valence-corrected chi connectivity index (χ2v) is 2.39. The minimum absolute atomic E-state index is 0. The van der Waals surface area contributed by atoms with E-state index in [0.717, 1.165) is 39.0 Å². The Balaban J connectivity index is -0.000000135. The van der Waals surface area contributed by atoms with E-state index >= 15 is 0 Å². The van der Waals surface area contributed by atoms with E-state index in [1.54, 1.807) is 0 Å². The van der Waals surface area contributed by atoms with Crippen molar-refractivity contribution in [3.8, 4) is 0 Å². The Bertz CT molecular complexity index is 58.9. The lowest BCUT2D eigenvalue weighted by molar-refractivity contribution is 0.611. The molecule has 0 aromatic carbocycles. The highest BCUT2D eigenvalue weighted by molar-refractivity contribution is 5.86. The van der Waals surface area contributed by atoms with E-state index in [1.807, 2.05) is 0 Å². The molecule has 0 bridgehead atoms. The monoisotopic (exact) mass is 257 g/mol. The number of nitrogens with two attached hydrogens (primary N) is 2. The van der Waals surface area contributed by atoms with Crippen molar-refractivity contribution in [3.63, 3.8) is 0 Å². The summed E-state index contributed by atoms with van der Waals surface area (Å²) in [6.07, 6.45) is 3.37. The lowest BCUT2D eigenvalue weighted by Crippen LogP contribution is -2.19. The molecule has 0 spiro atoms. The Morgan fingerprint density at radius 2 is 1.15 bits per heavy atom. The highest BCUT2D eigenvalue weighted by Gasteiger charge is 1.85. The van der Waals surface area contributed by atoms with Gasteiger partial charge >= 0.3 is 0 Å². The molecular formula is C7H22Cl3N3. The highest BCUT2D eigenvalue weighted by Crippen LogP contribution is 1.81. The van der Waals surface area contributed by atoms with Gasteiger partial charge in [0.2, 0.25) is 0 Å². The second kappa shape index (κ2) is 23.0. The summed E-state index contributed by atoms with van der Waals surface area (Å²) in [6, 6.07) is 0. The molecule has 3 nitrogen and oxygen atoms in total. The van der Waals surface area contributed by atoms with Crippen molar-refractivity contribution < 1.29 is 0 Å². The number of nitrogens with one attached hydrogen (secondary N) is 1. The van der Waals surface area contributed by atoms with Gasteiger partial charge in [-0.05, 0) is 45.4 Å². The minimum Gasteiger partial charge on any atom is -0.330 e. The molecule has 0 saturated heterocycles. The van der Waals surface area contributed by atoms with Crippen molar-refractivity contribution in [1.29, 1.82) is 0 Å². The van der Waals surface area contributed by atoms with Crippen LogP contribution < -0.4 is 16.8 Å². The van der Waals surface area contributed by atoms with Crippen molar-refractivity contribution >= 4 is 37.2 Å². The first-order valence-corrected chi connectivity index (χ1v) is 4.02. The van der Waals surface area contributed by atoms with Crippen LogP contribution in [-0.4, -0.2) is 26.2 Å². The van der Waals surface area contributed by atoms with Crippen LogP contribution in [-0.2, 0) is 0 Å². The maximum absolute atomic E-state index is 5.32. The van der Waals surface area contributed by atoms with E-state index < -0.39 is 0 Å². The Kier molecular flexibility index (Phi) is 41.6. The Morgan fingerprint density at radius 1 is 0.692 bits per heavy atom. The Morgan fingerprint density at radius 3 is 1.62 bits per heavy atom. The summed E-state index contributed by atoms with van der Waals surface area (Å²) in [5, 5.41) is 3.29. The predicted molar refractivity (Wildman–Crippen MR) is 66.6 cm³/mol. The van der Waals surface area contributed by atoms with Crippen molar-refractivity contribution in [2.24, 2.45) is 11.5 Å². The molecule has 0 rings (SSSR count). The smallest absolute Gasteiger partial charge is 0.00369 e. The van der Waals surface area contributed by atoms with Crippen LogP contribution in [0.25, 0.3) is 0 Å². The topological polar surface area (TPSA) is 64.1 Å². The van der Waals surface area contributed by atoms with Crippen molar-refractivity contribution in [1.82, 2.24) is 5.32 Å². The van der Waals surface area contributed by atoms with E-state index in [9.17, 15) is 0 Å². The number of rotatable bonds is 7. The van der Waals surface area contributed by atoms with Crippen LogP contribution in [0.5, 0.6) is 0 Å². The van der Waals surface area contributed by atoms with Crippen LogP contribution in [0.1, 0.15) is 19.3 Å². The minimum atomic E-state index is 0. The van der Waals surface area contributed by atoms with E-state index in [0.29, 0.717) is 0 Å². The molecule has 86 valence electrons. The van der Waals surface area contributed by atoms with Crippen molar-refractivity contribution in [3.05, 3.63) is 0 Å². The van der Waals surface area contributed by atoms with Crippen molar-refractivity contribution in [2.45, 2.75) is 19.3 Å². The normalized spacial score (nSPS) is 7.85. The zero-order valence-corrected chi connectivity index (χ0v) is 10.3. The molecule has 0 aliphatic carbocycles. The first-order valence-electron chi connectivity index (χ1n) is 4.02. The SMILES string of the molecule is Cl.Cl.Cl.NCCCN[13CH2][13CH2][13CH2][13CH2]N. The third-order valence-electron chi connectivity index (χ3n) is 1.37. The van der Waals surface area contributed by atoms with Gasteiger partial charge in [0.15, 0.2) is 0 Å². The molecule has 0 radical (unpaired) electrons. The molecule has 0 unspecified atom stereocenters. The van der Waals surface area contributed by atoms with Crippen LogP contribution in [0.15, 0.2) is 0 Å². The average molecular weight is 259 g/mol. The van der Waals surface area contributed by atoms with E-state index in [1.165, 1.54) is 6.42 Å². The third-order valence-corrected chi connectivity index (χ3v) is 1.37. The lowest BCUT2D eigenvalue weighted by atomic mass is 10.4. The zero-order chi connectivity index (χ0) is 7.66. The summed E-state index contributed by atoms with van der Waals surface area (Å²) in [5.74, 6) is 0.